The summed E-state index contributed by atoms with van der Waals surface area (Å²) < 4.78 is 65.1. The first-order chi connectivity index (χ1) is 11.0. The quantitative estimate of drug-likeness (QED) is 0.787. The zero-order chi connectivity index (χ0) is 18.1. The topological polar surface area (TPSA) is 37.4 Å². The highest BCUT2D eigenvalue weighted by Crippen LogP contribution is 2.33. The van der Waals surface area contributed by atoms with Gasteiger partial charge in [0, 0.05) is 13.6 Å². The smallest absolute Gasteiger partial charge is 0.207 e. The highest BCUT2D eigenvalue weighted by Gasteiger charge is 2.34. The first-order valence-corrected chi connectivity index (χ1v) is 8.73. The van der Waals surface area contributed by atoms with Crippen molar-refractivity contribution in [3.63, 3.8) is 0 Å². The van der Waals surface area contributed by atoms with E-state index in [-0.39, 0.29) is 15.5 Å². The Morgan fingerprint density at radius 1 is 1.12 bits per heavy atom. The average Bonchev–Trinajstić information content (AvgIpc) is 2.46. The summed E-state index contributed by atoms with van der Waals surface area (Å²) in [6, 6.07) is 9.29. The molecule has 0 aliphatic rings. The van der Waals surface area contributed by atoms with E-state index in [0.29, 0.717) is 0 Å². The SMILES string of the molecule is Cc1ccc(S(=O)(=O)N(C)Cc2ccccc2C(F)(F)F)c(Cl)c1. The van der Waals surface area contributed by atoms with Crippen LogP contribution in [0.5, 0.6) is 0 Å². The van der Waals surface area contributed by atoms with Crippen LogP contribution in [0.1, 0.15) is 16.7 Å². The van der Waals surface area contributed by atoms with Gasteiger partial charge in [-0.05, 0) is 36.2 Å². The van der Waals surface area contributed by atoms with E-state index < -0.39 is 28.3 Å². The van der Waals surface area contributed by atoms with Gasteiger partial charge in [-0.15, -0.1) is 0 Å². The second-order valence-corrected chi connectivity index (χ2v) is 7.77. The maximum absolute atomic E-state index is 13.0. The molecule has 0 bridgehead atoms. The van der Waals surface area contributed by atoms with Crippen LogP contribution in [0.15, 0.2) is 47.4 Å². The summed E-state index contributed by atoms with van der Waals surface area (Å²) in [6.45, 7) is 1.34. The number of halogens is 4. The van der Waals surface area contributed by atoms with Crippen molar-refractivity contribution in [1.82, 2.24) is 4.31 Å². The average molecular weight is 378 g/mol. The summed E-state index contributed by atoms with van der Waals surface area (Å²) in [5.74, 6) is 0. The predicted molar refractivity (Wildman–Crippen MR) is 86.3 cm³/mol. The van der Waals surface area contributed by atoms with E-state index in [1.807, 2.05) is 0 Å². The molecule has 0 unspecified atom stereocenters. The van der Waals surface area contributed by atoms with Gasteiger partial charge in [0.05, 0.1) is 10.6 Å². The zero-order valence-corrected chi connectivity index (χ0v) is 14.5. The lowest BCUT2D eigenvalue weighted by Gasteiger charge is -2.20. The third-order valence-electron chi connectivity index (χ3n) is 3.49. The van der Waals surface area contributed by atoms with Crippen molar-refractivity contribution in [1.29, 1.82) is 0 Å². The minimum atomic E-state index is -4.55. The molecule has 0 saturated carbocycles. The number of alkyl halides is 3. The molecule has 0 aromatic heterocycles. The van der Waals surface area contributed by atoms with Gasteiger partial charge in [-0.1, -0.05) is 35.9 Å². The van der Waals surface area contributed by atoms with Crippen LogP contribution in [0.3, 0.4) is 0 Å². The minimum absolute atomic E-state index is 0.0333. The van der Waals surface area contributed by atoms with Crippen LogP contribution in [0, 0.1) is 6.92 Å². The molecule has 0 N–H and O–H groups in total. The van der Waals surface area contributed by atoms with Crippen LogP contribution >= 0.6 is 11.6 Å². The van der Waals surface area contributed by atoms with E-state index in [1.165, 1.54) is 37.4 Å². The number of hydrogen-bond donors (Lipinski definition) is 0. The first-order valence-electron chi connectivity index (χ1n) is 6.91. The van der Waals surface area contributed by atoms with E-state index in [0.717, 1.165) is 15.9 Å². The van der Waals surface area contributed by atoms with Crippen molar-refractivity contribution in [3.05, 3.63) is 64.2 Å². The minimum Gasteiger partial charge on any atom is -0.207 e. The Morgan fingerprint density at radius 3 is 2.33 bits per heavy atom. The number of sulfonamides is 1. The molecule has 0 spiro atoms. The molecular weight excluding hydrogens is 363 g/mol. The maximum atomic E-state index is 13.0. The lowest BCUT2D eigenvalue weighted by Crippen LogP contribution is -2.28. The lowest BCUT2D eigenvalue weighted by molar-refractivity contribution is -0.138. The summed E-state index contributed by atoms with van der Waals surface area (Å²) in [5.41, 5.74) is -0.203. The van der Waals surface area contributed by atoms with Gasteiger partial charge in [-0.3, -0.25) is 0 Å². The van der Waals surface area contributed by atoms with E-state index in [1.54, 1.807) is 13.0 Å². The molecule has 0 saturated heterocycles. The Hall–Kier alpha value is -1.57. The van der Waals surface area contributed by atoms with E-state index in [9.17, 15) is 21.6 Å². The summed E-state index contributed by atoms with van der Waals surface area (Å²) in [4.78, 5) is -0.137. The van der Waals surface area contributed by atoms with Gasteiger partial charge in [-0.25, -0.2) is 8.42 Å². The van der Waals surface area contributed by atoms with Gasteiger partial charge < -0.3 is 0 Å². The Morgan fingerprint density at radius 2 is 1.75 bits per heavy atom. The third kappa shape index (κ3) is 3.91. The molecule has 2 rings (SSSR count). The summed E-state index contributed by atoms with van der Waals surface area (Å²) >= 11 is 5.98. The molecule has 130 valence electrons. The fourth-order valence-electron chi connectivity index (χ4n) is 2.24. The van der Waals surface area contributed by atoms with Crippen molar-refractivity contribution < 1.29 is 21.6 Å². The molecule has 0 amide bonds. The van der Waals surface area contributed by atoms with Crippen molar-refractivity contribution in [3.8, 4) is 0 Å². The van der Waals surface area contributed by atoms with Gasteiger partial charge >= 0.3 is 6.18 Å². The van der Waals surface area contributed by atoms with Crippen LogP contribution in [-0.2, 0) is 22.7 Å². The Labute approximate surface area is 143 Å². The van der Waals surface area contributed by atoms with Gasteiger partial charge in [-0.2, -0.15) is 17.5 Å². The molecule has 0 aliphatic carbocycles. The van der Waals surface area contributed by atoms with Crippen molar-refractivity contribution in [2.75, 3.05) is 7.05 Å². The third-order valence-corrected chi connectivity index (χ3v) is 5.78. The number of aryl methyl sites for hydroxylation is 1. The van der Waals surface area contributed by atoms with Gasteiger partial charge in [0.2, 0.25) is 10.0 Å². The molecule has 0 aliphatic heterocycles. The molecule has 2 aromatic rings. The first kappa shape index (κ1) is 18.8. The van der Waals surface area contributed by atoms with E-state index in [4.69, 9.17) is 11.6 Å². The molecule has 0 heterocycles. The molecule has 24 heavy (non-hydrogen) atoms. The molecule has 0 radical (unpaired) electrons. The number of hydrogen-bond acceptors (Lipinski definition) is 2. The highest BCUT2D eigenvalue weighted by molar-refractivity contribution is 7.89. The molecule has 0 fully saturated rings. The summed E-state index contributed by atoms with van der Waals surface area (Å²) in [6.07, 6.45) is -4.55. The Bertz CT molecular complexity index is 851. The molecular formula is C16H15ClF3NO2S. The van der Waals surface area contributed by atoms with E-state index >= 15 is 0 Å². The number of rotatable bonds is 4. The highest BCUT2D eigenvalue weighted by atomic mass is 35.5. The number of benzene rings is 2. The second-order valence-electron chi connectivity index (χ2n) is 5.35. The Kier molecular flexibility index (Phi) is 5.27. The van der Waals surface area contributed by atoms with Gasteiger partial charge in [0.1, 0.15) is 4.90 Å². The van der Waals surface area contributed by atoms with Gasteiger partial charge in [0.15, 0.2) is 0 Å². The zero-order valence-electron chi connectivity index (χ0n) is 12.9. The van der Waals surface area contributed by atoms with Crippen LogP contribution in [0.2, 0.25) is 5.02 Å². The van der Waals surface area contributed by atoms with Crippen LogP contribution in [0.25, 0.3) is 0 Å². The van der Waals surface area contributed by atoms with Crippen molar-refractivity contribution in [2.45, 2.75) is 24.5 Å². The van der Waals surface area contributed by atoms with Crippen molar-refractivity contribution in [2.24, 2.45) is 0 Å². The maximum Gasteiger partial charge on any atom is 0.416 e. The normalized spacial score (nSPS) is 12.6. The fourth-order valence-corrected chi connectivity index (χ4v) is 3.96. The lowest BCUT2D eigenvalue weighted by atomic mass is 10.1. The van der Waals surface area contributed by atoms with Crippen molar-refractivity contribution >= 4 is 21.6 Å². The second kappa shape index (κ2) is 6.74. The Balaban J connectivity index is 2.38. The number of nitrogens with zero attached hydrogens (tertiary/aromatic N) is 1. The summed E-state index contributed by atoms with van der Waals surface area (Å²) in [7, 11) is -2.79. The predicted octanol–water partition coefficient (Wildman–Crippen LogP) is 4.49. The standard InChI is InChI=1S/C16H15ClF3NO2S/c1-11-7-8-15(14(17)9-11)24(22,23)21(2)10-12-5-3-4-6-13(12)16(18,19)20/h3-9H,10H2,1-2H3. The molecule has 8 heteroatoms. The monoisotopic (exact) mass is 377 g/mol. The fraction of sp³-hybridized carbons (Fsp3) is 0.250. The van der Waals surface area contributed by atoms with E-state index in [2.05, 4.69) is 0 Å². The van der Waals surface area contributed by atoms with Crippen LogP contribution < -0.4 is 0 Å². The van der Waals surface area contributed by atoms with Crippen LogP contribution in [-0.4, -0.2) is 19.8 Å². The van der Waals surface area contributed by atoms with Crippen LogP contribution in [0.4, 0.5) is 13.2 Å². The van der Waals surface area contributed by atoms with Gasteiger partial charge in [0.25, 0.3) is 0 Å². The molecule has 3 nitrogen and oxygen atoms in total. The summed E-state index contributed by atoms with van der Waals surface area (Å²) in [5, 5.41) is 0.0333. The molecule has 2 aromatic carbocycles. The molecule has 0 atom stereocenters. The largest absolute Gasteiger partial charge is 0.416 e.